The number of nitrogens with zero attached hydrogens (tertiary/aromatic N) is 1. The van der Waals surface area contributed by atoms with E-state index in [1.165, 1.54) is 6.42 Å². The first-order chi connectivity index (χ1) is 9.74. The Morgan fingerprint density at radius 1 is 1.14 bits per heavy atom. The van der Waals surface area contributed by atoms with Crippen molar-refractivity contribution in [2.24, 2.45) is 11.8 Å². The topological polar surface area (TPSA) is 46.6 Å². The van der Waals surface area contributed by atoms with Crippen LogP contribution in [0.25, 0.3) is 0 Å². The van der Waals surface area contributed by atoms with Crippen LogP contribution in [0.4, 0.5) is 0 Å². The monoisotopic (exact) mass is 297 g/mol. The van der Waals surface area contributed by atoms with Crippen LogP contribution in [0, 0.1) is 11.8 Å². The van der Waals surface area contributed by atoms with E-state index in [9.17, 15) is 9.59 Å². The standard InChI is InChI=1S/C17H31NO3/c1-6-13(2)14(12-15(19)21-17(3,4)5)16(20)18-10-8-7-9-11-18/h13-14H,6-12H2,1-5H3/t13?,14-/m0/s1. The number of hydrogen-bond acceptors (Lipinski definition) is 3. The maximum Gasteiger partial charge on any atom is 0.307 e. The van der Waals surface area contributed by atoms with Crippen molar-refractivity contribution >= 4 is 11.9 Å². The number of carbonyl (C=O) groups is 2. The van der Waals surface area contributed by atoms with Gasteiger partial charge in [0.2, 0.25) is 5.91 Å². The summed E-state index contributed by atoms with van der Waals surface area (Å²) >= 11 is 0. The van der Waals surface area contributed by atoms with E-state index in [4.69, 9.17) is 4.74 Å². The maximum atomic E-state index is 12.7. The Hall–Kier alpha value is -1.06. The predicted molar refractivity (Wildman–Crippen MR) is 83.8 cm³/mol. The summed E-state index contributed by atoms with van der Waals surface area (Å²) in [5.74, 6) is -0.178. The molecular formula is C17H31NO3. The van der Waals surface area contributed by atoms with E-state index in [1.807, 2.05) is 25.7 Å². The van der Waals surface area contributed by atoms with Crippen molar-refractivity contribution in [1.29, 1.82) is 0 Å². The molecule has 1 amide bonds. The number of ether oxygens (including phenoxy) is 1. The number of amides is 1. The average molecular weight is 297 g/mol. The van der Waals surface area contributed by atoms with Gasteiger partial charge in [-0.25, -0.2) is 0 Å². The van der Waals surface area contributed by atoms with Crippen LogP contribution >= 0.6 is 0 Å². The molecule has 0 aromatic carbocycles. The van der Waals surface area contributed by atoms with Crippen LogP contribution in [-0.4, -0.2) is 35.5 Å². The van der Waals surface area contributed by atoms with Gasteiger partial charge in [0.15, 0.2) is 0 Å². The van der Waals surface area contributed by atoms with Crippen LogP contribution in [0.1, 0.15) is 66.7 Å². The molecule has 1 rings (SSSR count). The number of piperidine rings is 1. The first kappa shape index (κ1) is 18.0. The average Bonchev–Trinajstić information content (AvgIpc) is 2.42. The van der Waals surface area contributed by atoms with E-state index in [1.54, 1.807) is 0 Å². The Bertz CT molecular complexity index is 354. The van der Waals surface area contributed by atoms with Gasteiger partial charge in [-0.3, -0.25) is 9.59 Å². The van der Waals surface area contributed by atoms with Gasteiger partial charge in [-0.05, 0) is 46.0 Å². The van der Waals surface area contributed by atoms with Gasteiger partial charge in [0.1, 0.15) is 5.60 Å². The molecule has 0 aromatic heterocycles. The van der Waals surface area contributed by atoms with E-state index in [0.717, 1.165) is 32.4 Å². The molecule has 1 aliphatic rings. The third-order valence-corrected chi connectivity index (χ3v) is 4.12. The number of likely N-dealkylation sites (tertiary alicyclic amines) is 1. The Morgan fingerprint density at radius 2 is 1.71 bits per heavy atom. The summed E-state index contributed by atoms with van der Waals surface area (Å²) in [7, 11) is 0. The zero-order valence-electron chi connectivity index (χ0n) is 14.3. The molecule has 0 saturated carbocycles. The molecule has 4 heteroatoms. The van der Waals surface area contributed by atoms with E-state index in [0.29, 0.717) is 0 Å². The number of rotatable bonds is 5. The molecule has 122 valence electrons. The molecule has 2 atom stereocenters. The summed E-state index contributed by atoms with van der Waals surface area (Å²) < 4.78 is 5.39. The molecule has 0 aromatic rings. The fraction of sp³-hybridized carbons (Fsp3) is 0.882. The zero-order chi connectivity index (χ0) is 16.0. The minimum absolute atomic E-state index is 0.134. The molecule has 1 heterocycles. The summed E-state index contributed by atoms with van der Waals surface area (Å²) in [6, 6.07) is 0. The second kappa shape index (κ2) is 7.81. The summed E-state index contributed by atoms with van der Waals surface area (Å²) in [6.45, 7) is 11.4. The van der Waals surface area contributed by atoms with Crippen LogP contribution in [0.5, 0.6) is 0 Å². The Balaban J connectivity index is 2.70. The minimum atomic E-state index is -0.495. The van der Waals surface area contributed by atoms with Crippen LogP contribution in [0.2, 0.25) is 0 Å². The van der Waals surface area contributed by atoms with Crippen LogP contribution in [0.3, 0.4) is 0 Å². The molecule has 0 spiro atoms. The lowest BCUT2D eigenvalue weighted by Gasteiger charge is -2.32. The van der Waals surface area contributed by atoms with E-state index < -0.39 is 5.60 Å². The van der Waals surface area contributed by atoms with Crippen LogP contribution in [-0.2, 0) is 14.3 Å². The number of carbonyl (C=O) groups excluding carboxylic acids is 2. The van der Waals surface area contributed by atoms with E-state index in [2.05, 4.69) is 13.8 Å². The quantitative estimate of drug-likeness (QED) is 0.731. The third kappa shape index (κ3) is 6.06. The Labute approximate surface area is 129 Å². The van der Waals surface area contributed by atoms with Crippen molar-refractivity contribution in [2.75, 3.05) is 13.1 Å². The van der Waals surface area contributed by atoms with Crippen molar-refractivity contribution in [1.82, 2.24) is 4.90 Å². The van der Waals surface area contributed by atoms with Gasteiger partial charge in [-0.15, -0.1) is 0 Å². The smallest absolute Gasteiger partial charge is 0.307 e. The van der Waals surface area contributed by atoms with Gasteiger partial charge in [0, 0.05) is 13.1 Å². The molecule has 4 nitrogen and oxygen atoms in total. The fourth-order valence-corrected chi connectivity index (χ4v) is 2.73. The van der Waals surface area contributed by atoms with Gasteiger partial charge in [-0.2, -0.15) is 0 Å². The van der Waals surface area contributed by atoms with E-state index >= 15 is 0 Å². The Kier molecular flexibility index (Phi) is 6.69. The van der Waals surface area contributed by atoms with Gasteiger partial charge in [-0.1, -0.05) is 20.3 Å². The van der Waals surface area contributed by atoms with Crippen LogP contribution < -0.4 is 0 Å². The molecule has 21 heavy (non-hydrogen) atoms. The minimum Gasteiger partial charge on any atom is -0.460 e. The van der Waals surface area contributed by atoms with Crippen molar-refractivity contribution in [2.45, 2.75) is 72.3 Å². The largest absolute Gasteiger partial charge is 0.460 e. The predicted octanol–water partition coefficient (Wildman–Crippen LogP) is 3.39. The first-order valence-electron chi connectivity index (χ1n) is 8.25. The highest BCUT2D eigenvalue weighted by atomic mass is 16.6. The molecule has 1 unspecified atom stereocenters. The van der Waals surface area contributed by atoms with Crippen molar-refractivity contribution < 1.29 is 14.3 Å². The van der Waals surface area contributed by atoms with Gasteiger partial charge in [0.25, 0.3) is 0 Å². The van der Waals surface area contributed by atoms with Crippen molar-refractivity contribution in [3.63, 3.8) is 0 Å². The van der Waals surface area contributed by atoms with E-state index in [-0.39, 0.29) is 30.1 Å². The second-order valence-electron chi connectivity index (χ2n) is 7.17. The fourth-order valence-electron chi connectivity index (χ4n) is 2.73. The van der Waals surface area contributed by atoms with Gasteiger partial charge in [0.05, 0.1) is 12.3 Å². The molecule has 0 bridgehead atoms. The highest BCUT2D eigenvalue weighted by Gasteiger charge is 2.32. The highest BCUT2D eigenvalue weighted by molar-refractivity contribution is 5.84. The molecule has 0 radical (unpaired) electrons. The lowest BCUT2D eigenvalue weighted by Crippen LogP contribution is -2.42. The van der Waals surface area contributed by atoms with Crippen LogP contribution in [0.15, 0.2) is 0 Å². The first-order valence-corrected chi connectivity index (χ1v) is 8.25. The summed E-state index contributed by atoms with van der Waals surface area (Å²) in [4.78, 5) is 26.7. The molecule has 1 aliphatic heterocycles. The Morgan fingerprint density at radius 3 is 2.19 bits per heavy atom. The molecule has 1 saturated heterocycles. The van der Waals surface area contributed by atoms with Gasteiger partial charge >= 0.3 is 5.97 Å². The second-order valence-corrected chi connectivity index (χ2v) is 7.17. The SMILES string of the molecule is CCC(C)[C@H](CC(=O)OC(C)(C)C)C(=O)N1CCCCC1. The molecule has 1 fully saturated rings. The molecular weight excluding hydrogens is 266 g/mol. The lowest BCUT2D eigenvalue weighted by atomic mass is 9.87. The van der Waals surface area contributed by atoms with Gasteiger partial charge < -0.3 is 9.64 Å². The number of hydrogen-bond donors (Lipinski definition) is 0. The number of esters is 1. The zero-order valence-corrected chi connectivity index (χ0v) is 14.3. The third-order valence-electron chi connectivity index (χ3n) is 4.12. The highest BCUT2D eigenvalue weighted by Crippen LogP contribution is 2.25. The lowest BCUT2D eigenvalue weighted by molar-refractivity contribution is -0.159. The summed E-state index contributed by atoms with van der Waals surface area (Å²) in [6.07, 6.45) is 4.44. The normalized spacial score (nSPS) is 19.0. The maximum absolute atomic E-state index is 12.7. The molecule has 0 aliphatic carbocycles. The summed E-state index contributed by atoms with van der Waals surface area (Å²) in [5.41, 5.74) is -0.495. The van der Waals surface area contributed by atoms with Crippen molar-refractivity contribution in [3.8, 4) is 0 Å². The molecule has 0 N–H and O–H groups in total. The van der Waals surface area contributed by atoms with Crippen molar-refractivity contribution in [3.05, 3.63) is 0 Å². The summed E-state index contributed by atoms with van der Waals surface area (Å²) in [5, 5.41) is 0.